The van der Waals surface area contributed by atoms with Crippen molar-refractivity contribution in [1.29, 1.82) is 0 Å². The minimum atomic E-state index is -0.459. The molecule has 0 fully saturated rings. The molecule has 144 valence electrons. The quantitative estimate of drug-likeness (QED) is 0.716. The molecule has 0 spiro atoms. The van der Waals surface area contributed by atoms with Crippen LogP contribution in [-0.4, -0.2) is 35.6 Å². The number of hydrogen-bond donors (Lipinski definition) is 1. The number of carbonyl (C=O) groups is 2. The Kier molecular flexibility index (Phi) is 8.40. The van der Waals surface area contributed by atoms with Gasteiger partial charge in [0, 0.05) is 19.3 Å². The number of carbonyl (C=O) groups excluding carboxylic acids is 2. The number of aryl methyl sites for hydroxylation is 1. The molecule has 1 atom stereocenters. The summed E-state index contributed by atoms with van der Waals surface area (Å²) < 4.78 is 0. The average molecular weight is 385 g/mol. The molecule has 1 unspecified atom stereocenters. The van der Waals surface area contributed by atoms with Gasteiger partial charge in [-0.25, -0.2) is 0 Å². The summed E-state index contributed by atoms with van der Waals surface area (Å²) in [5.41, 5.74) is 3.39. The lowest BCUT2D eigenvalue weighted by Crippen LogP contribution is -2.48. The Labute approximate surface area is 166 Å². The standard InChI is InChI=1S/C22H28N2O2S/c1-4-20(22(26)23-3)24(14-19-13-9-8-10-17(19)2)21(25)16-27-15-18-11-6-5-7-12-18/h5-13,20H,4,14-16H2,1-3H3,(H,23,26). The van der Waals surface area contributed by atoms with E-state index in [-0.39, 0.29) is 11.8 Å². The fourth-order valence-corrected chi connectivity index (χ4v) is 3.84. The molecule has 0 bridgehead atoms. The van der Waals surface area contributed by atoms with Gasteiger partial charge < -0.3 is 10.2 Å². The molecule has 27 heavy (non-hydrogen) atoms. The first-order valence-electron chi connectivity index (χ1n) is 9.24. The smallest absolute Gasteiger partial charge is 0.242 e. The predicted molar refractivity (Wildman–Crippen MR) is 112 cm³/mol. The highest BCUT2D eigenvalue weighted by atomic mass is 32.2. The molecule has 2 rings (SSSR count). The zero-order chi connectivity index (χ0) is 19.6. The van der Waals surface area contributed by atoms with E-state index in [1.165, 1.54) is 5.56 Å². The van der Waals surface area contributed by atoms with Crippen LogP contribution in [0.15, 0.2) is 54.6 Å². The van der Waals surface area contributed by atoms with E-state index in [0.717, 1.165) is 16.9 Å². The summed E-state index contributed by atoms with van der Waals surface area (Å²) in [6.07, 6.45) is 0.584. The van der Waals surface area contributed by atoms with Gasteiger partial charge in [-0.1, -0.05) is 61.5 Å². The minimum absolute atomic E-state index is 0.00497. The maximum absolute atomic E-state index is 13.0. The molecule has 0 saturated heterocycles. The number of likely N-dealkylation sites (N-methyl/N-ethyl adjacent to an activating group) is 1. The minimum Gasteiger partial charge on any atom is -0.357 e. The molecule has 0 aliphatic rings. The topological polar surface area (TPSA) is 49.4 Å². The van der Waals surface area contributed by atoms with Gasteiger partial charge >= 0.3 is 0 Å². The predicted octanol–water partition coefficient (Wildman–Crippen LogP) is 3.78. The van der Waals surface area contributed by atoms with Gasteiger partial charge in [-0.2, -0.15) is 0 Å². The molecular formula is C22H28N2O2S. The van der Waals surface area contributed by atoms with E-state index >= 15 is 0 Å². The van der Waals surface area contributed by atoms with Crippen molar-refractivity contribution in [2.75, 3.05) is 12.8 Å². The van der Waals surface area contributed by atoms with Crippen LogP contribution >= 0.6 is 11.8 Å². The van der Waals surface area contributed by atoms with Gasteiger partial charge in [-0.15, -0.1) is 11.8 Å². The van der Waals surface area contributed by atoms with E-state index in [2.05, 4.69) is 17.4 Å². The summed E-state index contributed by atoms with van der Waals surface area (Å²) >= 11 is 1.58. The number of benzene rings is 2. The average Bonchev–Trinajstić information content (AvgIpc) is 2.69. The van der Waals surface area contributed by atoms with Crippen LogP contribution in [-0.2, 0) is 21.9 Å². The Balaban J connectivity index is 2.11. The third kappa shape index (κ3) is 6.14. The largest absolute Gasteiger partial charge is 0.357 e. The van der Waals surface area contributed by atoms with Crippen molar-refractivity contribution >= 4 is 23.6 Å². The Morgan fingerprint density at radius 2 is 1.74 bits per heavy atom. The van der Waals surface area contributed by atoms with Gasteiger partial charge in [0.25, 0.3) is 0 Å². The summed E-state index contributed by atoms with van der Waals surface area (Å²) in [5.74, 6) is 1.01. The van der Waals surface area contributed by atoms with Gasteiger partial charge in [-0.3, -0.25) is 9.59 Å². The molecule has 5 heteroatoms. The van der Waals surface area contributed by atoms with Crippen LogP contribution in [0.2, 0.25) is 0 Å². The van der Waals surface area contributed by atoms with Crippen LogP contribution < -0.4 is 5.32 Å². The van der Waals surface area contributed by atoms with Crippen LogP contribution in [0.4, 0.5) is 0 Å². The molecule has 2 aromatic carbocycles. The molecule has 0 heterocycles. The molecule has 2 amide bonds. The summed E-state index contributed by atoms with van der Waals surface area (Å²) in [6.45, 7) is 4.42. The van der Waals surface area contributed by atoms with E-state index in [1.54, 1.807) is 23.7 Å². The molecule has 2 aromatic rings. The van der Waals surface area contributed by atoms with E-state index in [4.69, 9.17) is 0 Å². The highest BCUT2D eigenvalue weighted by molar-refractivity contribution is 7.99. The van der Waals surface area contributed by atoms with Crippen molar-refractivity contribution in [3.05, 3.63) is 71.3 Å². The maximum Gasteiger partial charge on any atom is 0.242 e. The van der Waals surface area contributed by atoms with Gasteiger partial charge in [0.1, 0.15) is 6.04 Å². The maximum atomic E-state index is 13.0. The molecule has 0 aliphatic carbocycles. The van der Waals surface area contributed by atoms with Crippen molar-refractivity contribution in [2.45, 2.75) is 38.6 Å². The highest BCUT2D eigenvalue weighted by Gasteiger charge is 2.28. The summed E-state index contributed by atoms with van der Waals surface area (Å²) in [7, 11) is 1.62. The van der Waals surface area contributed by atoms with Crippen molar-refractivity contribution in [3.63, 3.8) is 0 Å². The van der Waals surface area contributed by atoms with Crippen LogP contribution in [0.25, 0.3) is 0 Å². The summed E-state index contributed by atoms with van der Waals surface area (Å²) in [6, 6.07) is 17.6. The van der Waals surface area contributed by atoms with Crippen molar-refractivity contribution < 1.29 is 9.59 Å². The summed E-state index contributed by atoms with van der Waals surface area (Å²) in [4.78, 5) is 27.1. The molecule has 0 radical (unpaired) electrons. The third-order valence-electron chi connectivity index (χ3n) is 4.57. The fourth-order valence-electron chi connectivity index (χ4n) is 2.97. The number of hydrogen-bond acceptors (Lipinski definition) is 3. The summed E-state index contributed by atoms with van der Waals surface area (Å²) in [5, 5.41) is 2.69. The molecule has 4 nitrogen and oxygen atoms in total. The zero-order valence-corrected chi connectivity index (χ0v) is 17.1. The van der Waals surface area contributed by atoms with Crippen LogP contribution in [0, 0.1) is 6.92 Å². The van der Waals surface area contributed by atoms with Crippen LogP contribution in [0.5, 0.6) is 0 Å². The lowest BCUT2D eigenvalue weighted by atomic mass is 10.1. The van der Waals surface area contributed by atoms with E-state index in [1.807, 2.05) is 56.3 Å². The fraction of sp³-hybridized carbons (Fsp3) is 0.364. The van der Waals surface area contributed by atoms with Crippen LogP contribution in [0.1, 0.15) is 30.0 Å². The lowest BCUT2D eigenvalue weighted by Gasteiger charge is -2.30. The SMILES string of the molecule is CCC(C(=O)NC)N(Cc1ccccc1C)C(=O)CSCc1ccccc1. The van der Waals surface area contributed by atoms with E-state index < -0.39 is 6.04 Å². The van der Waals surface area contributed by atoms with Gasteiger partial charge in [0.15, 0.2) is 0 Å². The van der Waals surface area contributed by atoms with Crippen molar-refractivity contribution in [3.8, 4) is 0 Å². The lowest BCUT2D eigenvalue weighted by molar-refractivity contribution is -0.139. The van der Waals surface area contributed by atoms with Crippen molar-refractivity contribution in [1.82, 2.24) is 10.2 Å². The van der Waals surface area contributed by atoms with Gasteiger partial charge in [0.05, 0.1) is 5.75 Å². The molecular weight excluding hydrogens is 356 g/mol. The van der Waals surface area contributed by atoms with Crippen molar-refractivity contribution in [2.24, 2.45) is 0 Å². The van der Waals surface area contributed by atoms with E-state index in [9.17, 15) is 9.59 Å². The van der Waals surface area contributed by atoms with E-state index in [0.29, 0.717) is 18.7 Å². The molecule has 1 N–H and O–H groups in total. The number of thioether (sulfide) groups is 1. The molecule has 0 saturated carbocycles. The highest BCUT2D eigenvalue weighted by Crippen LogP contribution is 2.18. The first-order chi connectivity index (χ1) is 13.1. The molecule has 0 aromatic heterocycles. The molecule has 0 aliphatic heterocycles. The number of nitrogens with zero attached hydrogens (tertiary/aromatic N) is 1. The van der Waals surface area contributed by atoms with Gasteiger partial charge in [-0.05, 0) is 30.0 Å². The zero-order valence-electron chi connectivity index (χ0n) is 16.3. The first kappa shape index (κ1) is 21.0. The van der Waals surface area contributed by atoms with Crippen LogP contribution in [0.3, 0.4) is 0 Å². The second-order valence-corrected chi connectivity index (χ2v) is 7.45. The second-order valence-electron chi connectivity index (χ2n) is 6.46. The Morgan fingerprint density at radius 1 is 1.07 bits per heavy atom. The Bertz CT molecular complexity index is 749. The number of amides is 2. The van der Waals surface area contributed by atoms with Gasteiger partial charge in [0.2, 0.25) is 11.8 Å². The monoisotopic (exact) mass is 384 g/mol. The number of rotatable bonds is 9. The second kappa shape index (κ2) is 10.8. The first-order valence-corrected chi connectivity index (χ1v) is 10.4. The Hall–Kier alpha value is -2.27. The number of nitrogens with one attached hydrogen (secondary N) is 1. The third-order valence-corrected chi connectivity index (χ3v) is 5.56. The normalized spacial score (nSPS) is 11.7. The Morgan fingerprint density at radius 3 is 2.37 bits per heavy atom.